The Morgan fingerprint density at radius 1 is 1.16 bits per heavy atom. The third-order valence-corrected chi connectivity index (χ3v) is 6.64. The molecule has 2 aliphatic heterocycles. The minimum atomic E-state index is -0.932. The van der Waals surface area contributed by atoms with E-state index < -0.39 is 23.8 Å². The van der Waals surface area contributed by atoms with Crippen molar-refractivity contribution in [3.63, 3.8) is 0 Å². The van der Waals surface area contributed by atoms with Crippen molar-refractivity contribution in [1.82, 2.24) is 25.4 Å². The molecule has 15 nitrogen and oxygen atoms in total. The quantitative estimate of drug-likeness (QED) is 0.0756. The van der Waals surface area contributed by atoms with Crippen molar-refractivity contribution < 1.29 is 23.6 Å². The number of carbonyl (C=O) groups is 4. The van der Waals surface area contributed by atoms with Crippen molar-refractivity contribution >= 4 is 35.4 Å². The standard InChI is InChI=1S/C23H36N10O5/c24-22(25)29-6-1-2-15(19(36)20-28-7-11-38-20)30-18(35)13-33-10-5-16(21(33)37)31-17(34)12-14-3-8-32(9-4-14)23(26)27/h7,11,14-16H,1-6,8-10,12-13H2,(H3,26,27)(H,30,35)(H,31,34)(H4,24,25,29)/t15-,16-/m0/s1. The van der Waals surface area contributed by atoms with Crippen LogP contribution in [0.25, 0.3) is 0 Å². The van der Waals surface area contributed by atoms with E-state index in [1.165, 1.54) is 17.4 Å². The van der Waals surface area contributed by atoms with E-state index in [1.54, 1.807) is 4.90 Å². The molecule has 0 saturated carbocycles. The molecule has 0 bridgehead atoms. The first-order valence-electron chi connectivity index (χ1n) is 12.6. The molecule has 2 atom stereocenters. The third-order valence-electron chi connectivity index (χ3n) is 6.64. The second kappa shape index (κ2) is 13.4. The molecule has 3 rings (SSSR count). The Morgan fingerprint density at radius 2 is 1.89 bits per heavy atom. The molecule has 3 amide bonds. The number of likely N-dealkylation sites (tertiary alicyclic amines) is 2. The van der Waals surface area contributed by atoms with Crippen LogP contribution in [0.15, 0.2) is 21.9 Å². The van der Waals surface area contributed by atoms with E-state index in [2.05, 4.69) is 20.6 Å². The molecular formula is C23H36N10O5. The molecule has 0 aliphatic carbocycles. The summed E-state index contributed by atoms with van der Waals surface area (Å²) in [4.78, 5) is 61.7. The number of hydrogen-bond acceptors (Lipinski definition) is 8. The molecule has 2 saturated heterocycles. The Hall–Kier alpha value is -4.17. The zero-order chi connectivity index (χ0) is 27.7. The highest BCUT2D eigenvalue weighted by molar-refractivity contribution is 5.99. The van der Waals surface area contributed by atoms with Gasteiger partial charge in [0.2, 0.25) is 23.5 Å². The van der Waals surface area contributed by atoms with Crippen LogP contribution in [0.5, 0.6) is 0 Å². The van der Waals surface area contributed by atoms with Crippen LogP contribution in [0.4, 0.5) is 0 Å². The van der Waals surface area contributed by atoms with Crippen LogP contribution >= 0.6 is 0 Å². The second-order valence-electron chi connectivity index (χ2n) is 9.46. The molecule has 2 aliphatic rings. The average Bonchev–Trinajstić information content (AvgIpc) is 3.52. The van der Waals surface area contributed by atoms with Gasteiger partial charge in [0.05, 0.1) is 18.8 Å². The van der Waals surface area contributed by atoms with Crippen LogP contribution in [-0.2, 0) is 14.4 Å². The maximum Gasteiger partial charge on any atom is 0.265 e. The lowest BCUT2D eigenvalue weighted by atomic mass is 9.93. The van der Waals surface area contributed by atoms with E-state index in [0.29, 0.717) is 38.9 Å². The maximum atomic E-state index is 12.8. The van der Waals surface area contributed by atoms with Crippen LogP contribution in [-0.4, -0.2) is 95.0 Å². The SMILES string of the molecule is N=C(N)N1CCC(CC(=O)N[C@H]2CCN(CC(=O)N[C@@H](CCCN=C(N)N)C(=O)c3ncco3)C2=O)CC1. The van der Waals surface area contributed by atoms with E-state index in [1.807, 2.05) is 0 Å². The van der Waals surface area contributed by atoms with E-state index >= 15 is 0 Å². The highest BCUT2D eigenvalue weighted by Gasteiger charge is 2.35. The first-order valence-corrected chi connectivity index (χ1v) is 12.6. The molecule has 1 aromatic heterocycles. The molecule has 3 heterocycles. The third kappa shape index (κ3) is 8.18. The Morgan fingerprint density at radius 3 is 2.53 bits per heavy atom. The number of rotatable bonds is 12. The molecule has 0 aromatic carbocycles. The summed E-state index contributed by atoms with van der Waals surface area (Å²) < 4.78 is 5.07. The lowest BCUT2D eigenvalue weighted by Gasteiger charge is -2.31. The fourth-order valence-electron chi connectivity index (χ4n) is 4.60. The molecule has 15 heteroatoms. The van der Waals surface area contributed by atoms with Gasteiger partial charge in [-0.25, -0.2) is 4.98 Å². The zero-order valence-electron chi connectivity index (χ0n) is 21.2. The summed E-state index contributed by atoms with van der Waals surface area (Å²) in [7, 11) is 0. The normalized spacial score (nSPS) is 18.6. The van der Waals surface area contributed by atoms with Crippen LogP contribution in [0.3, 0.4) is 0 Å². The summed E-state index contributed by atoms with van der Waals surface area (Å²) in [6.07, 6.45) is 5.42. The van der Waals surface area contributed by atoms with Gasteiger partial charge in [-0.15, -0.1) is 0 Å². The fraction of sp³-hybridized carbons (Fsp3) is 0.609. The average molecular weight is 533 g/mol. The minimum Gasteiger partial charge on any atom is -0.442 e. The summed E-state index contributed by atoms with van der Waals surface area (Å²) in [5.41, 5.74) is 16.2. The molecular weight excluding hydrogens is 496 g/mol. The van der Waals surface area contributed by atoms with Crippen LogP contribution in [0.2, 0.25) is 0 Å². The topological polar surface area (TPSA) is 239 Å². The lowest BCUT2D eigenvalue weighted by molar-refractivity contribution is -0.136. The molecule has 208 valence electrons. The number of oxazole rings is 1. The van der Waals surface area contributed by atoms with E-state index in [-0.39, 0.29) is 55.1 Å². The maximum absolute atomic E-state index is 12.8. The predicted octanol–water partition coefficient (Wildman–Crippen LogP) is -1.89. The van der Waals surface area contributed by atoms with Crippen molar-refractivity contribution in [2.45, 2.75) is 50.6 Å². The predicted molar refractivity (Wildman–Crippen MR) is 137 cm³/mol. The van der Waals surface area contributed by atoms with Gasteiger partial charge in [0.25, 0.3) is 5.89 Å². The monoisotopic (exact) mass is 532 g/mol. The number of nitrogens with one attached hydrogen (secondary N) is 3. The van der Waals surface area contributed by atoms with Crippen molar-refractivity contribution in [3.05, 3.63) is 18.4 Å². The Bertz CT molecular complexity index is 1030. The molecule has 0 spiro atoms. The number of guanidine groups is 2. The van der Waals surface area contributed by atoms with Gasteiger partial charge in [-0.1, -0.05) is 0 Å². The number of Topliss-reactive ketones (excluding diaryl/α,β-unsaturated/α-hetero) is 1. The largest absolute Gasteiger partial charge is 0.442 e. The molecule has 38 heavy (non-hydrogen) atoms. The van der Waals surface area contributed by atoms with Crippen LogP contribution < -0.4 is 27.8 Å². The second-order valence-corrected chi connectivity index (χ2v) is 9.46. The number of piperidine rings is 1. The molecule has 0 unspecified atom stereocenters. The number of carbonyl (C=O) groups excluding carboxylic acids is 4. The van der Waals surface area contributed by atoms with Crippen LogP contribution in [0, 0.1) is 11.3 Å². The number of ketones is 1. The van der Waals surface area contributed by atoms with Gasteiger partial charge in [-0.3, -0.25) is 29.6 Å². The summed E-state index contributed by atoms with van der Waals surface area (Å²) in [6, 6.07) is -1.63. The lowest BCUT2D eigenvalue weighted by Crippen LogP contribution is -2.48. The number of aliphatic imine (C=N–C) groups is 1. The number of amides is 3. The van der Waals surface area contributed by atoms with Crippen molar-refractivity contribution in [2.75, 3.05) is 32.7 Å². The van der Waals surface area contributed by atoms with Crippen molar-refractivity contribution in [2.24, 2.45) is 28.1 Å². The minimum absolute atomic E-state index is 0.0350. The van der Waals surface area contributed by atoms with Gasteiger partial charge >= 0.3 is 0 Å². The number of aromatic nitrogens is 1. The van der Waals surface area contributed by atoms with E-state index in [0.717, 1.165) is 12.8 Å². The zero-order valence-corrected chi connectivity index (χ0v) is 21.2. The smallest absolute Gasteiger partial charge is 0.265 e. The van der Waals surface area contributed by atoms with Gasteiger partial charge in [0.1, 0.15) is 12.3 Å². The summed E-state index contributed by atoms with van der Waals surface area (Å²) >= 11 is 0. The summed E-state index contributed by atoms with van der Waals surface area (Å²) in [6.45, 7) is 1.59. The number of nitrogens with two attached hydrogens (primary N) is 3. The number of hydrogen-bond donors (Lipinski definition) is 6. The summed E-state index contributed by atoms with van der Waals surface area (Å²) in [5, 5.41) is 12.9. The van der Waals surface area contributed by atoms with Crippen molar-refractivity contribution in [1.29, 1.82) is 5.41 Å². The molecule has 9 N–H and O–H groups in total. The Labute approximate surface area is 220 Å². The van der Waals surface area contributed by atoms with Gasteiger partial charge in [0.15, 0.2) is 11.9 Å². The highest BCUT2D eigenvalue weighted by atomic mass is 16.3. The molecule has 0 radical (unpaired) electrons. The Balaban J connectivity index is 1.47. The van der Waals surface area contributed by atoms with E-state index in [9.17, 15) is 19.2 Å². The number of nitrogens with zero attached hydrogens (tertiary/aromatic N) is 4. The first-order chi connectivity index (χ1) is 18.1. The first kappa shape index (κ1) is 28.4. The molecule has 2 fully saturated rings. The van der Waals surface area contributed by atoms with Gasteiger partial charge in [0, 0.05) is 32.6 Å². The summed E-state index contributed by atoms with van der Waals surface area (Å²) in [5.74, 6) is -1.59. The Kier molecular flexibility index (Phi) is 10.0. The highest BCUT2D eigenvalue weighted by Crippen LogP contribution is 2.21. The van der Waals surface area contributed by atoms with Crippen molar-refractivity contribution in [3.8, 4) is 0 Å². The van der Waals surface area contributed by atoms with Crippen LogP contribution in [0.1, 0.15) is 49.2 Å². The van der Waals surface area contributed by atoms with Gasteiger partial charge in [-0.2, -0.15) is 0 Å². The van der Waals surface area contributed by atoms with E-state index in [4.69, 9.17) is 27.0 Å². The van der Waals surface area contributed by atoms with Gasteiger partial charge in [-0.05, 0) is 38.0 Å². The molecule has 1 aromatic rings. The van der Waals surface area contributed by atoms with Gasteiger partial charge < -0.3 is 42.1 Å². The fourth-order valence-corrected chi connectivity index (χ4v) is 4.60.